The van der Waals surface area contributed by atoms with Crippen LogP contribution in [-0.2, 0) is 4.79 Å². The lowest BCUT2D eigenvalue weighted by molar-refractivity contribution is -0.118. The molecular weight excluding hydrogens is 424 g/mol. The van der Waals surface area contributed by atoms with Gasteiger partial charge in [-0.3, -0.25) is 4.79 Å². The molecule has 0 aliphatic heterocycles. The van der Waals surface area contributed by atoms with Gasteiger partial charge >= 0.3 is 0 Å². The molecule has 0 saturated carbocycles. The van der Waals surface area contributed by atoms with E-state index in [1.807, 2.05) is 67.6 Å². The van der Waals surface area contributed by atoms with Gasteiger partial charge in [0, 0.05) is 28.0 Å². The molecule has 160 valence electrons. The summed E-state index contributed by atoms with van der Waals surface area (Å²) >= 11 is 6.00. The van der Waals surface area contributed by atoms with Crippen LogP contribution in [0.2, 0.25) is 5.02 Å². The number of benzene rings is 3. The number of halogens is 1. The number of carbonyl (C=O) groups excluding carboxylic acids is 1. The van der Waals surface area contributed by atoms with Gasteiger partial charge in [-0.15, -0.1) is 0 Å². The number of aromatic nitrogens is 2. The van der Waals surface area contributed by atoms with Crippen LogP contribution in [0.1, 0.15) is 5.56 Å². The lowest BCUT2D eigenvalue weighted by atomic mass is 10.1. The molecule has 0 spiro atoms. The summed E-state index contributed by atoms with van der Waals surface area (Å²) < 4.78 is 5.53. The molecule has 4 rings (SSSR count). The van der Waals surface area contributed by atoms with E-state index in [0.717, 1.165) is 22.5 Å². The zero-order chi connectivity index (χ0) is 22.3. The number of carbonyl (C=O) groups is 1. The van der Waals surface area contributed by atoms with Gasteiger partial charge in [0.05, 0.1) is 5.69 Å². The highest BCUT2D eigenvalue weighted by Gasteiger charge is 2.06. The van der Waals surface area contributed by atoms with Crippen molar-refractivity contribution in [1.29, 1.82) is 0 Å². The summed E-state index contributed by atoms with van der Waals surface area (Å²) in [5.41, 5.74) is 4.26. The van der Waals surface area contributed by atoms with Gasteiger partial charge in [-0.05, 0) is 55.0 Å². The Balaban J connectivity index is 1.33. The monoisotopic (exact) mass is 444 g/mol. The molecule has 7 heteroatoms. The van der Waals surface area contributed by atoms with Gasteiger partial charge in [-0.25, -0.2) is 9.97 Å². The zero-order valence-electron chi connectivity index (χ0n) is 17.4. The molecule has 0 fully saturated rings. The van der Waals surface area contributed by atoms with Crippen molar-refractivity contribution in [3.63, 3.8) is 0 Å². The summed E-state index contributed by atoms with van der Waals surface area (Å²) in [6, 6.07) is 24.4. The fourth-order valence-corrected chi connectivity index (χ4v) is 3.15. The fourth-order valence-electron chi connectivity index (χ4n) is 3.03. The van der Waals surface area contributed by atoms with Crippen molar-refractivity contribution in [2.45, 2.75) is 6.92 Å². The van der Waals surface area contributed by atoms with Crippen LogP contribution < -0.4 is 15.4 Å². The number of hydrogen-bond donors (Lipinski definition) is 2. The van der Waals surface area contributed by atoms with Gasteiger partial charge in [-0.2, -0.15) is 0 Å². The molecule has 3 aromatic carbocycles. The summed E-state index contributed by atoms with van der Waals surface area (Å²) in [6.07, 6.45) is 1.53. The third kappa shape index (κ3) is 5.62. The second kappa shape index (κ2) is 9.94. The third-order valence-electron chi connectivity index (χ3n) is 4.68. The molecular formula is C25H21ClN4O2. The lowest BCUT2D eigenvalue weighted by Crippen LogP contribution is -2.20. The number of rotatable bonds is 7. The van der Waals surface area contributed by atoms with Gasteiger partial charge in [0.15, 0.2) is 6.61 Å². The van der Waals surface area contributed by atoms with E-state index < -0.39 is 0 Å². The minimum absolute atomic E-state index is 0.0930. The van der Waals surface area contributed by atoms with Crippen molar-refractivity contribution in [2.24, 2.45) is 0 Å². The summed E-state index contributed by atoms with van der Waals surface area (Å²) in [7, 11) is 0. The largest absolute Gasteiger partial charge is 0.484 e. The molecule has 4 aromatic rings. The summed E-state index contributed by atoms with van der Waals surface area (Å²) in [4.78, 5) is 20.8. The van der Waals surface area contributed by atoms with E-state index in [1.165, 1.54) is 6.33 Å². The van der Waals surface area contributed by atoms with E-state index in [-0.39, 0.29) is 12.5 Å². The van der Waals surface area contributed by atoms with Gasteiger partial charge in [0.25, 0.3) is 5.91 Å². The van der Waals surface area contributed by atoms with Crippen molar-refractivity contribution in [2.75, 3.05) is 17.2 Å². The van der Waals surface area contributed by atoms with Gasteiger partial charge in [0.1, 0.15) is 17.9 Å². The summed E-state index contributed by atoms with van der Waals surface area (Å²) in [5.74, 6) is 1.03. The third-order valence-corrected chi connectivity index (χ3v) is 5.10. The maximum atomic E-state index is 12.2. The Kier molecular flexibility index (Phi) is 6.63. The molecule has 2 N–H and O–H groups in total. The fraction of sp³-hybridized carbons (Fsp3) is 0.0800. The molecule has 0 saturated heterocycles. The summed E-state index contributed by atoms with van der Waals surface area (Å²) in [5, 5.41) is 6.73. The second-order valence-corrected chi connectivity index (χ2v) is 7.51. The minimum Gasteiger partial charge on any atom is -0.484 e. The number of nitrogens with one attached hydrogen (secondary N) is 2. The van der Waals surface area contributed by atoms with Crippen molar-refractivity contribution in [3.8, 4) is 17.0 Å². The normalized spacial score (nSPS) is 10.4. The van der Waals surface area contributed by atoms with Crippen LogP contribution in [0, 0.1) is 6.92 Å². The van der Waals surface area contributed by atoms with Crippen LogP contribution in [0.3, 0.4) is 0 Å². The molecule has 0 aliphatic carbocycles. The van der Waals surface area contributed by atoms with Crippen molar-refractivity contribution in [1.82, 2.24) is 9.97 Å². The van der Waals surface area contributed by atoms with Crippen LogP contribution in [0.25, 0.3) is 11.3 Å². The highest BCUT2D eigenvalue weighted by atomic mass is 35.5. The smallest absolute Gasteiger partial charge is 0.262 e. The quantitative estimate of drug-likeness (QED) is 0.373. The first-order valence-electron chi connectivity index (χ1n) is 10.0. The molecule has 1 aromatic heterocycles. The predicted molar refractivity (Wildman–Crippen MR) is 128 cm³/mol. The Morgan fingerprint density at radius 2 is 1.69 bits per heavy atom. The predicted octanol–water partition coefficient (Wildman–Crippen LogP) is 5.87. The van der Waals surface area contributed by atoms with Crippen molar-refractivity contribution >= 4 is 34.7 Å². The van der Waals surface area contributed by atoms with E-state index in [4.69, 9.17) is 16.3 Å². The first-order valence-corrected chi connectivity index (χ1v) is 10.4. The average Bonchev–Trinajstić information content (AvgIpc) is 2.82. The number of amides is 1. The van der Waals surface area contributed by atoms with Gasteiger partial charge in [0.2, 0.25) is 0 Å². The van der Waals surface area contributed by atoms with E-state index in [2.05, 4.69) is 20.6 Å². The number of hydrogen-bond acceptors (Lipinski definition) is 5. The standard InChI is InChI=1S/C25H21ClN4O2/c1-17-13-21(11-12-22(17)26)32-15-25(31)30-20-9-7-19(8-10-20)29-24-14-23(27-16-28-24)18-5-3-2-4-6-18/h2-14,16H,15H2,1H3,(H,30,31)(H,27,28,29). The Hall–Kier alpha value is -3.90. The van der Waals surface area contributed by atoms with E-state index in [1.54, 1.807) is 18.2 Å². The summed E-state index contributed by atoms with van der Waals surface area (Å²) in [6.45, 7) is 1.79. The Bertz CT molecular complexity index is 1210. The highest BCUT2D eigenvalue weighted by molar-refractivity contribution is 6.31. The Labute approximate surface area is 191 Å². The first-order chi connectivity index (χ1) is 15.6. The molecule has 1 amide bonds. The molecule has 0 bridgehead atoms. The molecule has 6 nitrogen and oxygen atoms in total. The van der Waals surface area contributed by atoms with Crippen LogP contribution in [0.15, 0.2) is 85.2 Å². The van der Waals surface area contributed by atoms with Crippen molar-refractivity contribution in [3.05, 3.63) is 95.8 Å². The lowest BCUT2D eigenvalue weighted by Gasteiger charge is -2.10. The number of anilines is 3. The van der Waals surface area contributed by atoms with Gasteiger partial charge in [-0.1, -0.05) is 41.9 Å². The second-order valence-electron chi connectivity index (χ2n) is 7.10. The Morgan fingerprint density at radius 1 is 0.938 bits per heavy atom. The maximum absolute atomic E-state index is 12.2. The van der Waals surface area contributed by atoms with Crippen LogP contribution in [-0.4, -0.2) is 22.5 Å². The van der Waals surface area contributed by atoms with E-state index >= 15 is 0 Å². The topological polar surface area (TPSA) is 76.1 Å². The van der Waals surface area contributed by atoms with E-state index in [9.17, 15) is 4.79 Å². The van der Waals surface area contributed by atoms with Crippen LogP contribution >= 0.6 is 11.6 Å². The molecule has 32 heavy (non-hydrogen) atoms. The molecule has 0 aliphatic rings. The maximum Gasteiger partial charge on any atom is 0.262 e. The number of nitrogens with zero attached hydrogens (tertiary/aromatic N) is 2. The number of aryl methyl sites for hydroxylation is 1. The van der Waals surface area contributed by atoms with Crippen LogP contribution in [0.5, 0.6) is 5.75 Å². The first kappa shape index (κ1) is 21.3. The molecule has 1 heterocycles. The molecule has 0 radical (unpaired) electrons. The zero-order valence-corrected chi connectivity index (χ0v) is 18.1. The van der Waals surface area contributed by atoms with E-state index in [0.29, 0.717) is 22.3 Å². The molecule has 0 unspecified atom stereocenters. The van der Waals surface area contributed by atoms with Crippen molar-refractivity contribution < 1.29 is 9.53 Å². The average molecular weight is 445 g/mol. The SMILES string of the molecule is Cc1cc(OCC(=O)Nc2ccc(Nc3cc(-c4ccccc4)ncn3)cc2)ccc1Cl. The highest BCUT2D eigenvalue weighted by Crippen LogP contribution is 2.23. The van der Waals surface area contributed by atoms with Gasteiger partial charge < -0.3 is 15.4 Å². The Morgan fingerprint density at radius 3 is 2.44 bits per heavy atom. The van der Waals surface area contributed by atoms with Crippen LogP contribution in [0.4, 0.5) is 17.2 Å². The minimum atomic E-state index is -0.249. The molecule has 0 atom stereocenters. The number of ether oxygens (including phenoxy) is 1.